The lowest BCUT2D eigenvalue weighted by molar-refractivity contribution is -0.142. The summed E-state index contributed by atoms with van der Waals surface area (Å²) in [5, 5.41) is 12.4. The van der Waals surface area contributed by atoms with Crippen molar-refractivity contribution in [1.82, 2.24) is 0 Å². The van der Waals surface area contributed by atoms with Crippen LogP contribution in [0, 0.1) is 0 Å². The first kappa shape index (κ1) is 12.4. The van der Waals surface area contributed by atoms with Crippen molar-refractivity contribution in [3.63, 3.8) is 0 Å². The summed E-state index contributed by atoms with van der Waals surface area (Å²) in [7, 11) is 0. The van der Waals surface area contributed by atoms with Gasteiger partial charge in [-0.1, -0.05) is 17.3 Å². The van der Waals surface area contributed by atoms with E-state index in [-0.39, 0.29) is 5.60 Å². The molecule has 0 unspecified atom stereocenters. The van der Waals surface area contributed by atoms with Gasteiger partial charge in [0.1, 0.15) is 11.4 Å². The minimum atomic E-state index is -1.04. The number of fused-ring (bicyclic) bond motifs is 1. The number of carboxylic acids is 1. The first-order valence-electron chi connectivity index (χ1n) is 5.67. The van der Waals surface area contributed by atoms with Crippen LogP contribution in [0.4, 0.5) is 0 Å². The molecule has 0 fully saturated rings. The fraction of sp³-hybridized carbons (Fsp3) is 0.385. The molecule has 1 N–H and O–H groups in total. The second-order valence-corrected chi connectivity index (χ2v) is 4.74. The van der Waals surface area contributed by atoms with Crippen molar-refractivity contribution in [1.29, 1.82) is 0 Å². The van der Waals surface area contributed by atoms with Crippen LogP contribution < -0.4 is 4.74 Å². The number of rotatable bonds is 3. The van der Waals surface area contributed by atoms with Crippen LogP contribution in [0.1, 0.15) is 25.8 Å². The third kappa shape index (κ3) is 2.80. The Morgan fingerprint density at radius 1 is 1.50 bits per heavy atom. The van der Waals surface area contributed by atoms with Gasteiger partial charge in [-0.15, -0.1) is 0 Å². The summed E-state index contributed by atoms with van der Waals surface area (Å²) >= 11 is 0. The molecule has 1 aliphatic heterocycles. The molecule has 0 atom stereocenters. The lowest BCUT2D eigenvalue weighted by atomic mass is 9.92. The van der Waals surface area contributed by atoms with Gasteiger partial charge in [-0.25, -0.2) is 4.79 Å². The highest BCUT2D eigenvalue weighted by Gasteiger charge is 2.31. The molecule has 0 saturated carbocycles. The van der Waals surface area contributed by atoms with E-state index in [1.54, 1.807) is 0 Å². The van der Waals surface area contributed by atoms with Gasteiger partial charge in [0.15, 0.2) is 0 Å². The van der Waals surface area contributed by atoms with E-state index >= 15 is 0 Å². The predicted molar refractivity (Wildman–Crippen MR) is 65.9 cm³/mol. The van der Waals surface area contributed by atoms with E-state index in [9.17, 15) is 4.79 Å². The number of aliphatic carboxylic acids is 1. The average molecular weight is 249 g/mol. The fourth-order valence-corrected chi connectivity index (χ4v) is 1.87. The number of carboxylic acid groups (broad SMARTS) is 1. The van der Waals surface area contributed by atoms with Crippen LogP contribution in [0.3, 0.4) is 0 Å². The maximum atomic E-state index is 10.4. The van der Waals surface area contributed by atoms with Gasteiger partial charge >= 0.3 is 5.97 Å². The second kappa shape index (κ2) is 4.68. The topological polar surface area (TPSA) is 68.1 Å². The summed E-state index contributed by atoms with van der Waals surface area (Å²) < 4.78 is 5.82. The fourth-order valence-electron chi connectivity index (χ4n) is 1.87. The van der Waals surface area contributed by atoms with Crippen LogP contribution in [0.15, 0.2) is 29.4 Å². The zero-order valence-electron chi connectivity index (χ0n) is 10.3. The minimum Gasteiger partial charge on any atom is -0.487 e. The summed E-state index contributed by atoms with van der Waals surface area (Å²) in [6.45, 7) is 3.47. The van der Waals surface area contributed by atoms with Gasteiger partial charge in [-0.2, -0.15) is 0 Å². The van der Waals surface area contributed by atoms with Crippen molar-refractivity contribution < 1.29 is 19.5 Å². The van der Waals surface area contributed by atoms with E-state index in [4.69, 9.17) is 14.7 Å². The average Bonchev–Trinajstić information content (AvgIpc) is 2.27. The lowest BCUT2D eigenvalue weighted by Crippen LogP contribution is -2.36. The van der Waals surface area contributed by atoms with Crippen LogP contribution in [0.25, 0.3) is 0 Å². The van der Waals surface area contributed by atoms with Crippen LogP contribution in [0.2, 0.25) is 0 Å². The molecule has 18 heavy (non-hydrogen) atoms. The Morgan fingerprint density at radius 3 is 2.94 bits per heavy atom. The smallest absolute Gasteiger partial charge is 0.344 e. The Bertz CT molecular complexity index is 494. The van der Waals surface area contributed by atoms with Crippen LogP contribution in [-0.2, 0) is 9.63 Å². The number of para-hydroxylation sites is 1. The zero-order chi connectivity index (χ0) is 13.2. The van der Waals surface area contributed by atoms with Gasteiger partial charge < -0.3 is 14.7 Å². The highest BCUT2D eigenvalue weighted by molar-refractivity contribution is 6.04. The monoisotopic (exact) mass is 249 g/mol. The van der Waals surface area contributed by atoms with Gasteiger partial charge in [0.25, 0.3) is 0 Å². The van der Waals surface area contributed by atoms with Crippen LogP contribution in [0.5, 0.6) is 5.75 Å². The van der Waals surface area contributed by atoms with Crippen molar-refractivity contribution in [2.45, 2.75) is 25.9 Å². The quantitative estimate of drug-likeness (QED) is 0.832. The van der Waals surface area contributed by atoms with Gasteiger partial charge in [0.2, 0.25) is 6.61 Å². The summed E-state index contributed by atoms with van der Waals surface area (Å²) in [4.78, 5) is 15.2. The zero-order valence-corrected chi connectivity index (χ0v) is 10.3. The molecule has 1 heterocycles. The van der Waals surface area contributed by atoms with Gasteiger partial charge in [0, 0.05) is 12.0 Å². The number of hydrogen-bond donors (Lipinski definition) is 1. The van der Waals surface area contributed by atoms with E-state index in [0.717, 1.165) is 11.3 Å². The molecule has 5 heteroatoms. The van der Waals surface area contributed by atoms with Crippen LogP contribution >= 0.6 is 0 Å². The standard InChI is InChI=1S/C13H15NO4/c1-13(2)7-10(14-17-8-12(15)16)9-5-3-4-6-11(9)18-13/h3-6H,7-8H2,1-2H3,(H,15,16)/b14-10-. The molecule has 0 bridgehead atoms. The third-order valence-electron chi connectivity index (χ3n) is 2.54. The normalized spacial score (nSPS) is 18.9. The maximum Gasteiger partial charge on any atom is 0.344 e. The second-order valence-electron chi connectivity index (χ2n) is 4.74. The number of ether oxygens (including phenoxy) is 1. The Labute approximate surface area is 105 Å². The van der Waals surface area contributed by atoms with Crippen molar-refractivity contribution in [2.24, 2.45) is 5.16 Å². The molecular weight excluding hydrogens is 234 g/mol. The van der Waals surface area contributed by atoms with E-state index < -0.39 is 12.6 Å². The molecule has 0 spiro atoms. The summed E-state index contributed by atoms with van der Waals surface area (Å²) in [5.41, 5.74) is 1.19. The van der Waals surface area contributed by atoms with Crippen molar-refractivity contribution >= 4 is 11.7 Å². The molecule has 0 aliphatic carbocycles. The highest BCUT2D eigenvalue weighted by Crippen LogP contribution is 2.33. The Morgan fingerprint density at radius 2 is 2.22 bits per heavy atom. The third-order valence-corrected chi connectivity index (χ3v) is 2.54. The molecular formula is C13H15NO4. The molecule has 0 radical (unpaired) electrons. The van der Waals surface area contributed by atoms with E-state index in [0.29, 0.717) is 12.1 Å². The molecule has 1 aromatic rings. The Kier molecular flexibility index (Phi) is 3.23. The summed E-state index contributed by atoms with van der Waals surface area (Å²) in [6.07, 6.45) is 0.573. The maximum absolute atomic E-state index is 10.4. The number of hydrogen-bond acceptors (Lipinski definition) is 4. The molecule has 0 aromatic heterocycles. The molecule has 5 nitrogen and oxygen atoms in total. The van der Waals surface area contributed by atoms with E-state index in [1.807, 2.05) is 38.1 Å². The van der Waals surface area contributed by atoms with Crippen LogP contribution in [-0.4, -0.2) is 29.0 Å². The highest BCUT2D eigenvalue weighted by atomic mass is 16.6. The van der Waals surface area contributed by atoms with Gasteiger partial charge in [-0.3, -0.25) is 0 Å². The SMILES string of the molecule is CC1(C)C/C(=N/OCC(=O)O)c2ccccc2O1. The molecule has 96 valence electrons. The molecule has 0 amide bonds. The number of carbonyl (C=O) groups is 1. The van der Waals surface area contributed by atoms with Crippen molar-refractivity contribution in [3.8, 4) is 5.75 Å². The molecule has 2 rings (SSSR count). The Hall–Kier alpha value is -2.04. The Balaban J connectivity index is 2.27. The minimum absolute atomic E-state index is 0.375. The number of benzene rings is 1. The largest absolute Gasteiger partial charge is 0.487 e. The van der Waals surface area contributed by atoms with Crippen molar-refractivity contribution in [2.75, 3.05) is 6.61 Å². The molecule has 0 saturated heterocycles. The summed E-state index contributed by atoms with van der Waals surface area (Å²) in [5.74, 6) is -0.301. The first-order valence-corrected chi connectivity index (χ1v) is 5.67. The van der Waals surface area contributed by atoms with Gasteiger partial charge in [-0.05, 0) is 26.0 Å². The predicted octanol–water partition coefficient (Wildman–Crippen LogP) is 2.05. The molecule has 1 aliphatic rings. The first-order chi connectivity index (χ1) is 8.48. The number of oxime groups is 1. The van der Waals surface area contributed by atoms with E-state index in [2.05, 4.69) is 5.16 Å². The lowest BCUT2D eigenvalue weighted by Gasteiger charge is -2.32. The van der Waals surface area contributed by atoms with Crippen molar-refractivity contribution in [3.05, 3.63) is 29.8 Å². The number of nitrogens with zero attached hydrogens (tertiary/aromatic N) is 1. The van der Waals surface area contributed by atoms with E-state index in [1.165, 1.54) is 0 Å². The summed E-state index contributed by atoms with van der Waals surface area (Å²) in [6, 6.07) is 7.51. The molecule has 1 aromatic carbocycles. The van der Waals surface area contributed by atoms with Gasteiger partial charge in [0.05, 0.1) is 5.71 Å².